The number of aliphatic hydroxyl groups is 2. The highest BCUT2D eigenvalue weighted by Crippen LogP contribution is 2.35. The predicted molar refractivity (Wildman–Crippen MR) is 81.7 cm³/mol. The lowest BCUT2D eigenvalue weighted by Crippen LogP contribution is -2.33. The molecule has 0 spiro atoms. The lowest BCUT2D eigenvalue weighted by atomic mass is 9.92. The summed E-state index contributed by atoms with van der Waals surface area (Å²) >= 11 is 0. The van der Waals surface area contributed by atoms with Crippen LogP contribution < -0.4 is 0 Å². The van der Waals surface area contributed by atoms with Crippen LogP contribution in [0, 0.1) is 0 Å². The summed E-state index contributed by atoms with van der Waals surface area (Å²) in [6, 6.07) is 16.8. The topological polar surface area (TPSA) is 58.3 Å². The van der Waals surface area contributed by atoms with Crippen molar-refractivity contribution in [3.05, 3.63) is 66.0 Å². The summed E-state index contributed by atoms with van der Waals surface area (Å²) in [6.07, 6.45) is -1.05. The second kappa shape index (κ2) is 4.98. The number of aromatic nitrogens is 2. The zero-order valence-corrected chi connectivity index (χ0v) is 12.1. The largest absolute Gasteiger partial charge is 0.385 e. The molecular weight excluding hydrogens is 264 g/mol. The van der Waals surface area contributed by atoms with Crippen LogP contribution in [0.5, 0.6) is 0 Å². The molecule has 2 aromatic carbocycles. The van der Waals surface area contributed by atoms with Crippen molar-refractivity contribution in [2.75, 3.05) is 0 Å². The van der Waals surface area contributed by atoms with Crippen LogP contribution >= 0.6 is 0 Å². The molecule has 21 heavy (non-hydrogen) atoms. The van der Waals surface area contributed by atoms with E-state index in [4.69, 9.17) is 0 Å². The molecule has 2 N–H and O–H groups in total. The predicted octanol–water partition coefficient (Wildman–Crippen LogP) is 2.51. The van der Waals surface area contributed by atoms with Gasteiger partial charge in [0.1, 0.15) is 17.5 Å². The van der Waals surface area contributed by atoms with Gasteiger partial charge in [-0.05, 0) is 24.6 Å². The molecule has 0 amide bonds. The number of aryl methyl sites for hydroxylation is 1. The molecule has 1 aromatic heterocycles. The molecule has 0 fully saturated rings. The SMILES string of the molecule is Cn1c([C@@](C)(O)[C@@H](O)c2ccccc2)nc2ccccc21. The Morgan fingerprint density at radius 1 is 1.05 bits per heavy atom. The van der Waals surface area contributed by atoms with E-state index in [1.165, 1.54) is 0 Å². The van der Waals surface area contributed by atoms with Gasteiger partial charge in [-0.25, -0.2) is 4.98 Å². The third-order valence-electron chi connectivity index (χ3n) is 3.89. The Hall–Kier alpha value is -2.17. The first-order valence-electron chi connectivity index (χ1n) is 6.89. The molecule has 4 heteroatoms. The Bertz CT molecular complexity index is 763. The van der Waals surface area contributed by atoms with Gasteiger partial charge in [-0.1, -0.05) is 42.5 Å². The van der Waals surface area contributed by atoms with Gasteiger partial charge in [0, 0.05) is 7.05 Å². The molecule has 0 aliphatic carbocycles. The second-order valence-corrected chi connectivity index (χ2v) is 5.44. The summed E-state index contributed by atoms with van der Waals surface area (Å²) in [6.45, 7) is 1.59. The van der Waals surface area contributed by atoms with E-state index < -0.39 is 11.7 Å². The lowest BCUT2D eigenvalue weighted by Gasteiger charge is -2.28. The van der Waals surface area contributed by atoms with E-state index in [-0.39, 0.29) is 0 Å². The molecule has 3 rings (SSSR count). The zero-order valence-electron chi connectivity index (χ0n) is 12.1. The number of para-hydroxylation sites is 2. The highest BCUT2D eigenvalue weighted by atomic mass is 16.3. The monoisotopic (exact) mass is 282 g/mol. The van der Waals surface area contributed by atoms with Gasteiger partial charge in [0.25, 0.3) is 0 Å². The first-order chi connectivity index (χ1) is 10.0. The van der Waals surface area contributed by atoms with Crippen molar-refractivity contribution in [1.29, 1.82) is 0 Å². The number of aliphatic hydroxyl groups excluding tert-OH is 1. The van der Waals surface area contributed by atoms with E-state index in [0.717, 1.165) is 11.0 Å². The van der Waals surface area contributed by atoms with E-state index in [2.05, 4.69) is 4.98 Å². The summed E-state index contributed by atoms with van der Waals surface area (Å²) in [5.74, 6) is 0.444. The molecule has 4 nitrogen and oxygen atoms in total. The van der Waals surface area contributed by atoms with Gasteiger partial charge in [-0.2, -0.15) is 0 Å². The van der Waals surface area contributed by atoms with Crippen molar-refractivity contribution in [1.82, 2.24) is 9.55 Å². The molecular formula is C17H18N2O2. The van der Waals surface area contributed by atoms with Crippen molar-refractivity contribution in [3.63, 3.8) is 0 Å². The van der Waals surface area contributed by atoms with Crippen LogP contribution in [0.1, 0.15) is 24.4 Å². The second-order valence-electron chi connectivity index (χ2n) is 5.44. The maximum absolute atomic E-state index is 10.9. The van der Waals surface area contributed by atoms with Crippen LogP contribution in [0.4, 0.5) is 0 Å². The molecule has 1 heterocycles. The maximum Gasteiger partial charge on any atom is 0.149 e. The lowest BCUT2D eigenvalue weighted by molar-refractivity contribution is -0.0764. The summed E-state index contributed by atoms with van der Waals surface area (Å²) in [7, 11) is 1.84. The van der Waals surface area contributed by atoms with Gasteiger partial charge in [0.2, 0.25) is 0 Å². The van der Waals surface area contributed by atoms with E-state index in [1.54, 1.807) is 19.1 Å². The molecule has 0 aliphatic heterocycles. The fraction of sp³-hybridized carbons (Fsp3) is 0.235. The van der Waals surface area contributed by atoms with Crippen molar-refractivity contribution < 1.29 is 10.2 Å². The summed E-state index contributed by atoms with van der Waals surface area (Å²) < 4.78 is 1.82. The Morgan fingerprint density at radius 2 is 1.67 bits per heavy atom. The molecule has 108 valence electrons. The third kappa shape index (κ3) is 2.22. The quantitative estimate of drug-likeness (QED) is 0.776. The smallest absolute Gasteiger partial charge is 0.149 e. The van der Waals surface area contributed by atoms with Crippen molar-refractivity contribution in [2.45, 2.75) is 18.6 Å². The minimum absolute atomic E-state index is 0.444. The highest BCUT2D eigenvalue weighted by molar-refractivity contribution is 5.76. The molecule has 3 aromatic rings. The Labute approximate surface area is 123 Å². The van der Waals surface area contributed by atoms with E-state index >= 15 is 0 Å². The molecule has 0 saturated heterocycles. The van der Waals surface area contributed by atoms with Gasteiger partial charge in [0.05, 0.1) is 11.0 Å². The zero-order chi connectivity index (χ0) is 15.0. The normalized spacial score (nSPS) is 15.8. The van der Waals surface area contributed by atoms with Gasteiger partial charge < -0.3 is 14.8 Å². The third-order valence-corrected chi connectivity index (χ3v) is 3.89. The fourth-order valence-corrected chi connectivity index (χ4v) is 2.68. The fourth-order valence-electron chi connectivity index (χ4n) is 2.68. The van der Waals surface area contributed by atoms with Crippen molar-refractivity contribution in [2.24, 2.45) is 7.05 Å². The minimum atomic E-state index is -1.48. The standard InChI is InChI=1S/C17H18N2O2/c1-17(21,15(20)12-8-4-3-5-9-12)16-18-13-10-6-7-11-14(13)19(16)2/h3-11,15,20-21H,1-2H3/t15-,17-/m0/s1. The summed E-state index contributed by atoms with van der Waals surface area (Å²) in [5, 5.41) is 21.4. The number of hydrogen-bond acceptors (Lipinski definition) is 3. The maximum atomic E-state index is 10.9. The van der Waals surface area contributed by atoms with Crippen LogP contribution in [-0.2, 0) is 12.6 Å². The molecule has 0 saturated carbocycles. The number of fused-ring (bicyclic) bond motifs is 1. The van der Waals surface area contributed by atoms with Gasteiger partial charge in [-0.3, -0.25) is 0 Å². The first kappa shape index (κ1) is 13.8. The molecule has 0 aliphatic rings. The van der Waals surface area contributed by atoms with Gasteiger partial charge in [0.15, 0.2) is 0 Å². The van der Waals surface area contributed by atoms with Crippen molar-refractivity contribution >= 4 is 11.0 Å². The van der Waals surface area contributed by atoms with Crippen LogP contribution in [0.3, 0.4) is 0 Å². The van der Waals surface area contributed by atoms with E-state index in [0.29, 0.717) is 11.4 Å². The number of hydrogen-bond donors (Lipinski definition) is 2. The Morgan fingerprint density at radius 3 is 2.33 bits per heavy atom. The molecule has 0 radical (unpaired) electrons. The minimum Gasteiger partial charge on any atom is -0.385 e. The molecule has 0 bridgehead atoms. The van der Waals surface area contributed by atoms with E-state index in [9.17, 15) is 10.2 Å². The number of imidazole rings is 1. The summed E-state index contributed by atoms with van der Waals surface area (Å²) in [5.41, 5.74) is 0.910. The van der Waals surface area contributed by atoms with Crippen LogP contribution in [0.15, 0.2) is 54.6 Å². The van der Waals surface area contributed by atoms with Crippen LogP contribution in [0.25, 0.3) is 11.0 Å². The van der Waals surface area contributed by atoms with Gasteiger partial charge >= 0.3 is 0 Å². The average Bonchev–Trinajstić information content (AvgIpc) is 2.86. The summed E-state index contributed by atoms with van der Waals surface area (Å²) in [4.78, 5) is 4.48. The molecule has 2 atom stereocenters. The Kier molecular flexibility index (Phi) is 3.27. The van der Waals surface area contributed by atoms with Crippen molar-refractivity contribution in [3.8, 4) is 0 Å². The average molecular weight is 282 g/mol. The van der Waals surface area contributed by atoms with Crippen LogP contribution in [0.2, 0.25) is 0 Å². The highest BCUT2D eigenvalue weighted by Gasteiger charge is 2.37. The van der Waals surface area contributed by atoms with Crippen LogP contribution in [-0.4, -0.2) is 19.8 Å². The van der Waals surface area contributed by atoms with E-state index in [1.807, 2.05) is 54.1 Å². The number of nitrogens with zero attached hydrogens (tertiary/aromatic N) is 2. The molecule has 0 unspecified atom stereocenters. The number of benzene rings is 2. The number of rotatable bonds is 3. The van der Waals surface area contributed by atoms with Gasteiger partial charge in [-0.15, -0.1) is 0 Å². The Balaban J connectivity index is 2.09. The first-order valence-corrected chi connectivity index (χ1v) is 6.89.